The highest BCUT2D eigenvalue weighted by molar-refractivity contribution is 7.89. The van der Waals surface area contributed by atoms with Crippen LogP contribution in [-0.4, -0.2) is 48.6 Å². The minimum atomic E-state index is -4.08. The molecule has 0 saturated carbocycles. The predicted octanol–water partition coefficient (Wildman–Crippen LogP) is 4.60. The molecule has 0 fully saturated rings. The van der Waals surface area contributed by atoms with Crippen LogP contribution in [0.1, 0.15) is 37.4 Å². The molecule has 12 heteroatoms. The summed E-state index contributed by atoms with van der Waals surface area (Å²) in [6.45, 7) is 3.22. The Balaban J connectivity index is 1.68. The zero-order chi connectivity index (χ0) is 30.3. The van der Waals surface area contributed by atoms with Crippen LogP contribution in [0.5, 0.6) is 5.75 Å². The monoisotopic (exact) mass is 606 g/mol. The number of aliphatic hydroxyl groups excluding tert-OH is 1. The average molecular weight is 607 g/mol. The van der Waals surface area contributed by atoms with Crippen molar-refractivity contribution in [1.29, 1.82) is 10.5 Å². The number of anilines is 1. The van der Waals surface area contributed by atoms with E-state index in [0.29, 0.717) is 34.9 Å². The number of hydrogen-bond donors (Lipinski definition) is 3. The Labute approximate surface area is 250 Å². The van der Waals surface area contributed by atoms with Crippen molar-refractivity contribution in [3.05, 3.63) is 88.9 Å². The number of benzene rings is 3. The third-order valence-electron chi connectivity index (χ3n) is 6.83. The molecule has 218 valence electrons. The Hall–Kier alpha value is -4.13. The van der Waals surface area contributed by atoms with E-state index < -0.39 is 27.8 Å². The quantitative estimate of drug-likeness (QED) is 0.105. The van der Waals surface area contributed by atoms with Gasteiger partial charge in [0.05, 0.1) is 11.0 Å². The fraction of sp³-hybridized carbons (Fsp3) is 0.300. The lowest BCUT2D eigenvalue weighted by Gasteiger charge is -2.40. The summed E-state index contributed by atoms with van der Waals surface area (Å²) in [6, 6.07) is 21.7. The van der Waals surface area contributed by atoms with E-state index in [-0.39, 0.29) is 23.9 Å². The number of aliphatic hydroxyl groups is 1. The average Bonchev–Trinajstić information content (AvgIpc) is 2.96. The fourth-order valence-electron chi connectivity index (χ4n) is 4.62. The molecule has 4 rings (SSSR count). The van der Waals surface area contributed by atoms with Crippen molar-refractivity contribution in [3.63, 3.8) is 0 Å². The number of hydrogen-bond acceptors (Lipinski definition) is 7. The lowest BCUT2D eigenvalue weighted by molar-refractivity contribution is -0.0568. The summed E-state index contributed by atoms with van der Waals surface area (Å²) >= 11 is 5.98. The Bertz CT molecular complexity index is 1620. The van der Waals surface area contributed by atoms with Crippen LogP contribution in [0.25, 0.3) is 0 Å². The maximum absolute atomic E-state index is 13.7. The molecule has 3 aromatic rings. The van der Waals surface area contributed by atoms with Gasteiger partial charge in [-0.3, -0.25) is 5.32 Å². The van der Waals surface area contributed by atoms with Crippen LogP contribution >= 0.6 is 11.6 Å². The smallest absolute Gasteiger partial charge is 0.244 e. The summed E-state index contributed by atoms with van der Waals surface area (Å²) in [5.41, 5.74) is 0.897. The highest BCUT2D eigenvalue weighted by Crippen LogP contribution is 2.43. The Morgan fingerprint density at radius 3 is 2.50 bits per heavy atom. The third kappa shape index (κ3) is 7.19. The molecule has 0 unspecified atom stereocenters. The van der Waals surface area contributed by atoms with Crippen molar-refractivity contribution < 1.29 is 18.3 Å². The van der Waals surface area contributed by atoms with Crippen LogP contribution in [-0.2, 0) is 16.4 Å². The van der Waals surface area contributed by atoms with Gasteiger partial charge in [-0.25, -0.2) is 13.4 Å². The second-order valence-electron chi connectivity index (χ2n) is 10.2. The highest BCUT2D eigenvalue weighted by atomic mass is 35.5. The second kappa shape index (κ2) is 13.2. The van der Waals surface area contributed by atoms with E-state index in [9.17, 15) is 24.0 Å². The van der Waals surface area contributed by atoms with Gasteiger partial charge in [0.25, 0.3) is 0 Å². The predicted molar refractivity (Wildman–Crippen MR) is 160 cm³/mol. The first kappa shape index (κ1) is 30.8. The topological polar surface area (TPSA) is 151 Å². The lowest BCUT2D eigenvalue weighted by atomic mass is 9.87. The zero-order valence-corrected chi connectivity index (χ0v) is 24.7. The van der Waals surface area contributed by atoms with Crippen molar-refractivity contribution in [2.75, 3.05) is 18.4 Å². The molecule has 0 aliphatic carbocycles. The van der Waals surface area contributed by atoms with Gasteiger partial charge < -0.3 is 15.2 Å². The Morgan fingerprint density at radius 1 is 1.12 bits per heavy atom. The molecular formula is C30H31ClN6O4S. The normalized spacial score (nSPS) is 17.8. The molecule has 0 amide bonds. The number of rotatable bonds is 9. The molecule has 10 nitrogen and oxygen atoms in total. The first-order valence-corrected chi connectivity index (χ1v) is 15.0. The number of aryl methyl sites for hydroxylation is 1. The number of halogens is 1. The summed E-state index contributed by atoms with van der Waals surface area (Å²) in [5, 5.41) is 36.0. The molecule has 0 spiro atoms. The number of nitrogens with one attached hydrogen (secondary N) is 2. The van der Waals surface area contributed by atoms with E-state index in [0.717, 1.165) is 9.87 Å². The van der Waals surface area contributed by atoms with Crippen LogP contribution in [0, 0.1) is 22.8 Å². The largest absolute Gasteiger partial charge is 0.485 e. The summed E-state index contributed by atoms with van der Waals surface area (Å²) in [7, 11) is -4.08. The van der Waals surface area contributed by atoms with Gasteiger partial charge in [-0.15, -0.1) is 0 Å². The minimum absolute atomic E-state index is 0.0350. The van der Waals surface area contributed by atoms with Gasteiger partial charge in [0.15, 0.2) is 6.19 Å². The van der Waals surface area contributed by atoms with Gasteiger partial charge in [-0.05, 0) is 74.7 Å². The van der Waals surface area contributed by atoms with Crippen LogP contribution in [0.3, 0.4) is 0 Å². The number of aliphatic imine (C=N–C) groups is 1. The van der Waals surface area contributed by atoms with E-state index in [1.165, 1.54) is 18.2 Å². The van der Waals surface area contributed by atoms with E-state index >= 15 is 0 Å². The third-order valence-corrected chi connectivity index (χ3v) is 8.93. The standard InChI is InChI=1S/C30H31ClN6O4S/c1-30(2)28(38)27(36-29(34-20-33)35-23-12-10-22(31)11-13-23)25-19-24(14-15-26(25)41-30)42(39,40)37(18-16-32)17-6-9-21-7-4-3-5-8-21/h3-5,7-8,10-15,19,27-28,38H,6,9,17-18H2,1-2H3,(H2,34,35,36)/t27-,28+/m1/s1. The van der Waals surface area contributed by atoms with Gasteiger partial charge >= 0.3 is 0 Å². The lowest BCUT2D eigenvalue weighted by Crippen LogP contribution is -2.49. The second-order valence-corrected chi connectivity index (χ2v) is 12.6. The number of nitrogens with zero attached hydrogens (tertiary/aromatic N) is 4. The molecule has 3 N–H and O–H groups in total. The first-order chi connectivity index (χ1) is 20.0. The van der Waals surface area contributed by atoms with Crippen molar-refractivity contribution in [2.45, 2.75) is 49.3 Å². The molecule has 0 radical (unpaired) electrons. The van der Waals surface area contributed by atoms with Crippen molar-refractivity contribution in [3.8, 4) is 18.0 Å². The number of sulfonamides is 1. The molecule has 1 aliphatic rings. The highest BCUT2D eigenvalue weighted by Gasteiger charge is 2.44. The van der Waals surface area contributed by atoms with Crippen LogP contribution in [0.4, 0.5) is 5.69 Å². The SMILES string of the molecule is CC1(C)Oc2ccc(S(=O)(=O)N(CC#N)CCCc3ccccc3)cc2[C@@H](N=C(NC#N)Nc2ccc(Cl)cc2)[C@@H]1O. The maximum atomic E-state index is 13.7. The van der Waals surface area contributed by atoms with Gasteiger partial charge in [0.1, 0.15) is 30.0 Å². The van der Waals surface area contributed by atoms with Gasteiger partial charge in [0, 0.05) is 22.8 Å². The zero-order valence-electron chi connectivity index (χ0n) is 23.2. The summed E-state index contributed by atoms with van der Waals surface area (Å²) in [4.78, 5) is 4.53. The molecule has 2 atom stereocenters. The van der Waals surface area contributed by atoms with Gasteiger partial charge in [-0.2, -0.15) is 14.8 Å². The number of nitriles is 2. The van der Waals surface area contributed by atoms with E-state index in [4.69, 9.17) is 16.3 Å². The van der Waals surface area contributed by atoms with Crippen molar-refractivity contribution >= 4 is 33.3 Å². The van der Waals surface area contributed by atoms with E-state index in [2.05, 4.69) is 15.6 Å². The summed E-state index contributed by atoms with van der Waals surface area (Å²) in [6.07, 6.45) is 1.81. The van der Waals surface area contributed by atoms with Crippen molar-refractivity contribution in [1.82, 2.24) is 9.62 Å². The molecule has 0 bridgehead atoms. The molecular weight excluding hydrogens is 576 g/mol. The molecule has 3 aromatic carbocycles. The molecule has 1 aliphatic heterocycles. The number of fused-ring (bicyclic) bond motifs is 1. The fourth-order valence-corrected chi connectivity index (χ4v) is 6.16. The van der Waals surface area contributed by atoms with Crippen LogP contribution in [0.2, 0.25) is 5.02 Å². The van der Waals surface area contributed by atoms with Crippen molar-refractivity contribution in [2.24, 2.45) is 4.99 Å². The van der Waals surface area contributed by atoms with Crippen LogP contribution < -0.4 is 15.4 Å². The minimum Gasteiger partial charge on any atom is -0.485 e. The van der Waals surface area contributed by atoms with Gasteiger partial charge in [-0.1, -0.05) is 41.9 Å². The summed E-state index contributed by atoms with van der Waals surface area (Å²) < 4.78 is 34.6. The molecule has 42 heavy (non-hydrogen) atoms. The Morgan fingerprint density at radius 2 is 1.83 bits per heavy atom. The van der Waals surface area contributed by atoms with E-state index in [1.54, 1.807) is 38.1 Å². The van der Waals surface area contributed by atoms with Crippen LogP contribution in [0.15, 0.2) is 82.7 Å². The number of ether oxygens (including phenoxy) is 1. The molecule has 1 heterocycles. The molecule has 0 saturated heterocycles. The first-order valence-electron chi connectivity index (χ1n) is 13.2. The summed E-state index contributed by atoms with van der Waals surface area (Å²) in [5.74, 6) is 0.379. The maximum Gasteiger partial charge on any atom is 0.244 e. The van der Waals surface area contributed by atoms with Gasteiger partial charge in [0.2, 0.25) is 16.0 Å². The Kier molecular flexibility index (Phi) is 9.71. The molecule has 0 aromatic heterocycles. The number of guanidine groups is 1. The van der Waals surface area contributed by atoms with E-state index in [1.807, 2.05) is 42.6 Å².